The number of benzene rings is 1. The lowest BCUT2D eigenvalue weighted by atomic mass is 10.2. The summed E-state index contributed by atoms with van der Waals surface area (Å²) in [5, 5.41) is 6.86. The number of nitrogens with one attached hydrogen (secondary N) is 2. The molecule has 1 aliphatic carbocycles. The lowest BCUT2D eigenvalue weighted by Gasteiger charge is -2.15. The van der Waals surface area contributed by atoms with Gasteiger partial charge in [0.05, 0.1) is 5.69 Å². The Hall–Kier alpha value is -2.95. The Labute approximate surface area is 147 Å². The summed E-state index contributed by atoms with van der Waals surface area (Å²) in [6.07, 6.45) is 8.51. The molecule has 3 aromatic rings. The van der Waals surface area contributed by atoms with Gasteiger partial charge in [-0.05, 0) is 37.1 Å². The molecule has 4 rings (SSSR count). The molecule has 2 N–H and O–H groups in total. The highest BCUT2D eigenvalue weighted by molar-refractivity contribution is 5.66. The van der Waals surface area contributed by atoms with Gasteiger partial charge in [-0.1, -0.05) is 31.0 Å². The number of hydrogen-bond acceptors (Lipinski definition) is 5. The zero-order valence-corrected chi connectivity index (χ0v) is 14.0. The third-order valence-corrected chi connectivity index (χ3v) is 4.42. The van der Waals surface area contributed by atoms with Gasteiger partial charge in [0.1, 0.15) is 5.82 Å². The quantitative estimate of drug-likeness (QED) is 0.713. The Kier molecular flexibility index (Phi) is 4.55. The predicted molar refractivity (Wildman–Crippen MR) is 101 cm³/mol. The van der Waals surface area contributed by atoms with Crippen molar-refractivity contribution >= 4 is 17.5 Å². The fraction of sp³-hybridized carbons (Fsp3) is 0.250. The number of rotatable bonds is 5. The molecule has 0 unspecified atom stereocenters. The number of aromatic nitrogens is 3. The largest absolute Gasteiger partial charge is 0.351 e. The molecule has 2 aromatic heterocycles. The number of nitrogens with zero attached hydrogens (tertiary/aromatic N) is 3. The van der Waals surface area contributed by atoms with Crippen molar-refractivity contribution in [3.63, 3.8) is 0 Å². The van der Waals surface area contributed by atoms with Crippen LogP contribution in [-0.2, 0) is 0 Å². The summed E-state index contributed by atoms with van der Waals surface area (Å²) in [4.78, 5) is 13.6. The van der Waals surface area contributed by atoms with Crippen molar-refractivity contribution in [2.75, 3.05) is 10.6 Å². The first-order valence-corrected chi connectivity index (χ1v) is 8.75. The first-order chi connectivity index (χ1) is 12.4. The van der Waals surface area contributed by atoms with Gasteiger partial charge in [0.15, 0.2) is 0 Å². The first-order valence-electron chi connectivity index (χ1n) is 8.75. The molecule has 1 saturated carbocycles. The van der Waals surface area contributed by atoms with Gasteiger partial charge in [0, 0.05) is 35.8 Å². The Balaban J connectivity index is 1.66. The zero-order valence-electron chi connectivity index (χ0n) is 14.0. The predicted octanol–water partition coefficient (Wildman–Crippen LogP) is 4.64. The van der Waals surface area contributed by atoms with Crippen LogP contribution in [0.1, 0.15) is 25.7 Å². The van der Waals surface area contributed by atoms with E-state index >= 15 is 0 Å². The molecule has 5 heteroatoms. The Morgan fingerprint density at radius 2 is 1.76 bits per heavy atom. The topological polar surface area (TPSA) is 62.7 Å². The van der Waals surface area contributed by atoms with Gasteiger partial charge in [0.2, 0.25) is 5.95 Å². The summed E-state index contributed by atoms with van der Waals surface area (Å²) in [7, 11) is 0. The van der Waals surface area contributed by atoms with E-state index in [2.05, 4.69) is 20.6 Å². The van der Waals surface area contributed by atoms with Crippen LogP contribution in [0.25, 0.3) is 11.3 Å². The van der Waals surface area contributed by atoms with Crippen LogP contribution in [0.15, 0.2) is 60.9 Å². The summed E-state index contributed by atoms with van der Waals surface area (Å²) >= 11 is 0. The average molecular weight is 331 g/mol. The Morgan fingerprint density at radius 1 is 0.920 bits per heavy atom. The molecule has 0 radical (unpaired) electrons. The van der Waals surface area contributed by atoms with E-state index in [4.69, 9.17) is 4.98 Å². The second kappa shape index (κ2) is 7.30. The Morgan fingerprint density at radius 3 is 2.52 bits per heavy atom. The molecule has 1 fully saturated rings. The highest BCUT2D eigenvalue weighted by Crippen LogP contribution is 2.25. The van der Waals surface area contributed by atoms with Crippen molar-refractivity contribution in [1.82, 2.24) is 15.0 Å². The molecule has 2 heterocycles. The molecule has 0 aliphatic heterocycles. The maximum Gasteiger partial charge on any atom is 0.225 e. The van der Waals surface area contributed by atoms with Crippen molar-refractivity contribution in [3.05, 3.63) is 60.9 Å². The van der Waals surface area contributed by atoms with Gasteiger partial charge in [-0.15, -0.1) is 0 Å². The lowest BCUT2D eigenvalue weighted by Crippen LogP contribution is -2.17. The molecule has 0 atom stereocenters. The maximum atomic E-state index is 4.71. The van der Waals surface area contributed by atoms with Crippen molar-refractivity contribution < 1.29 is 0 Å². The summed E-state index contributed by atoms with van der Waals surface area (Å²) in [6.45, 7) is 0. The highest BCUT2D eigenvalue weighted by atomic mass is 15.2. The maximum absolute atomic E-state index is 4.71. The number of hydrogen-bond donors (Lipinski definition) is 2. The highest BCUT2D eigenvalue weighted by Gasteiger charge is 2.16. The minimum Gasteiger partial charge on any atom is -0.351 e. The molecule has 0 amide bonds. The van der Waals surface area contributed by atoms with Gasteiger partial charge in [-0.2, -0.15) is 4.98 Å². The van der Waals surface area contributed by atoms with Gasteiger partial charge < -0.3 is 10.6 Å². The van der Waals surface area contributed by atoms with Crippen molar-refractivity contribution in [2.45, 2.75) is 31.7 Å². The molecule has 0 bridgehead atoms. The van der Waals surface area contributed by atoms with Crippen molar-refractivity contribution in [1.29, 1.82) is 0 Å². The fourth-order valence-corrected chi connectivity index (χ4v) is 3.16. The van der Waals surface area contributed by atoms with Crippen LogP contribution >= 0.6 is 0 Å². The lowest BCUT2D eigenvalue weighted by molar-refractivity contribution is 0.744. The third kappa shape index (κ3) is 3.94. The van der Waals surface area contributed by atoms with Crippen LogP contribution in [0, 0.1) is 0 Å². The van der Waals surface area contributed by atoms with Crippen LogP contribution < -0.4 is 10.6 Å². The first kappa shape index (κ1) is 15.6. The van der Waals surface area contributed by atoms with E-state index < -0.39 is 0 Å². The van der Waals surface area contributed by atoms with E-state index in [-0.39, 0.29) is 0 Å². The van der Waals surface area contributed by atoms with Crippen molar-refractivity contribution in [3.8, 4) is 11.3 Å². The molecule has 126 valence electrons. The van der Waals surface area contributed by atoms with E-state index in [1.165, 1.54) is 25.7 Å². The van der Waals surface area contributed by atoms with Crippen molar-refractivity contribution in [2.24, 2.45) is 0 Å². The number of anilines is 3. The molecule has 1 aromatic carbocycles. The monoisotopic (exact) mass is 331 g/mol. The van der Waals surface area contributed by atoms with Crippen LogP contribution in [0.4, 0.5) is 17.5 Å². The normalized spacial score (nSPS) is 14.4. The number of pyridine rings is 1. The summed E-state index contributed by atoms with van der Waals surface area (Å²) in [6, 6.07) is 16.4. The molecule has 5 nitrogen and oxygen atoms in total. The van der Waals surface area contributed by atoms with E-state index in [0.29, 0.717) is 12.0 Å². The second-order valence-electron chi connectivity index (χ2n) is 6.32. The summed E-state index contributed by atoms with van der Waals surface area (Å²) < 4.78 is 0. The Bertz CT molecular complexity index is 814. The molecule has 0 saturated heterocycles. The van der Waals surface area contributed by atoms with Gasteiger partial charge in [0.25, 0.3) is 0 Å². The van der Waals surface area contributed by atoms with Gasteiger partial charge >= 0.3 is 0 Å². The smallest absolute Gasteiger partial charge is 0.225 e. The number of para-hydroxylation sites is 1. The summed E-state index contributed by atoms with van der Waals surface area (Å²) in [5.41, 5.74) is 2.85. The van der Waals surface area contributed by atoms with E-state index in [1.807, 2.05) is 54.7 Å². The molecule has 0 spiro atoms. The molecular weight excluding hydrogens is 310 g/mol. The van der Waals surface area contributed by atoms with Crippen LogP contribution in [0.5, 0.6) is 0 Å². The van der Waals surface area contributed by atoms with E-state index in [1.54, 1.807) is 6.20 Å². The average Bonchev–Trinajstić information content (AvgIpc) is 3.16. The van der Waals surface area contributed by atoms with Gasteiger partial charge in [-0.3, -0.25) is 4.98 Å². The van der Waals surface area contributed by atoms with Gasteiger partial charge in [-0.25, -0.2) is 4.98 Å². The SMILES string of the molecule is c1ccc(Nc2cc(-c3cccnc3)nc(NC3CCCC3)n2)cc1. The van der Waals surface area contributed by atoms with Crippen LogP contribution in [0.3, 0.4) is 0 Å². The fourth-order valence-electron chi connectivity index (χ4n) is 3.16. The zero-order chi connectivity index (χ0) is 16.9. The minimum absolute atomic E-state index is 0.466. The van der Waals surface area contributed by atoms with E-state index in [9.17, 15) is 0 Å². The minimum atomic E-state index is 0.466. The molecule has 25 heavy (non-hydrogen) atoms. The summed E-state index contributed by atoms with van der Waals surface area (Å²) in [5.74, 6) is 1.45. The van der Waals surface area contributed by atoms with E-state index in [0.717, 1.165) is 22.8 Å². The van der Waals surface area contributed by atoms with Crippen LogP contribution in [0.2, 0.25) is 0 Å². The van der Waals surface area contributed by atoms with Crippen LogP contribution in [-0.4, -0.2) is 21.0 Å². The molecular formula is C20H21N5. The second-order valence-corrected chi connectivity index (χ2v) is 6.32. The molecule has 1 aliphatic rings. The standard InChI is InChI=1S/C20H21N5/c1-2-8-16(9-3-1)22-19-13-18(15-7-6-12-21-14-15)24-20(25-19)23-17-10-4-5-11-17/h1-3,6-9,12-14,17H,4-5,10-11H2,(H2,22,23,24,25). The third-order valence-electron chi connectivity index (χ3n) is 4.42.